The molecule has 4 aliphatic rings. The van der Waals surface area contributed by atoms with E-state index in [2.05, 4.69) is 33.9 Å². The third-order valence-electron chi connectivity index (χ3n) is 10.5. The molecule has 2 bridgehead atoms. The molecule has 1 amide bonds. The molecule has 2 aromatic carbocycles. The number of anilines is 1. The van der Waals surface area contributed by atoms with Crippen molar-refractivity contribution in [1.82, 2.24) is 4.72 Å². The second kappa shape index (κ2) is 13.3. The topological polar surface area (TPSA) is 94.2 Å². The minimum Gasteiger partial charge on any atom is -0.490 e. The summed E-state index contributed by atoms with van der Waals surface area (Å²) >= 11 is 6.43. The zero-order chi connectivity index (χ0) is 31.8. The number of carbonyl (C=O) groups is 1. The van der Waals surface area contributed by atoms with Gasteiger partial charge in [0.1, 0.15) is 5.75 Å². The Hall–Kier alpha value is -2.59. The Kier molecular flexibility index (Phi) is 9.53. The fourth-order valence-corrected chi connectivity index (χ4v) is 9.27. The van der Waals surface area contributed by atoms with E-state index in [1.165, 1.54) is 11.1 Å². The van der Waals surface area contributed by atoms with Crippen LogP contribution >= 0.6 is 11.6 Å². The summed E-state index contributed by atoms with van der Waals surface area (Å²) in [5.41, 5.74) is 3.42. The van der Waals surface area contributed by atoms with Gasteiger partial charge in [0.05, 0.1) is 37.4 Å². The maximum absolute atomic E-state index is 13.4. The zero-order valence-corrected chi connectivity index (χ0v) is 28.0. The summed E-state index contributed by atoms with van der Waals surface area (Å²) < 4.78 is 46.9. The molecule has 0 unspecified atom stereocenters. The number of hydrogen-bond donors (Lipinski definition) is 1. The number of aryl methyl sites for hydroxylation is 1. The summed E-state index contributed by atoms with van der Waals surface area (Å²) in [6, 6.07) is 11.5. The van der Waals surface area contributed by atoms with Gasteiger partial charge in [0.15, 0.2) is 0 Å². The van der Waals surface area contributed by atoms with Gasteiger partial charge in [-0.25, -0.2) is 13.1 Å². The first kappa shape index (κ1) is 32.4. The van der Waals surface area contributed by atoms with Crippen molar-refractivity contribution in [3.05, 3.63) is 70.3 Å². The molecule has 45 heavy (non-hydrogen) atoms. The van der Waals surface area contributed by atoms with Crippen molar-refractivity contribution in [3.8, 4) is 5.75 Å². The van der Waals surface area contributed by atoms with Crippen molar-refractivity contribution in [1.29, 1.82) is 0 Å². The molecule has 1 fully saturated rings. The van der Waals surface area contributed by atoms with Crippen molar-refractivity contribution in [2.75, 3.05) is 50.7 Å². The van der Waals surface area contributed by atoms with Crippen LogP contribution in [0, 0.1) is 23.7 Å². The van der Waals surface area contributed by atoms with Gasteiger partial charge in [0.25, 0.3) is 5.91 Å². The standard InChI is InChI=1S/C35H45ClN2O6S/c1-23-6-12-32(43-16-15-42-3)29-10-7-27(29)19-38-21-35(14-4-5-25-17-28(36)9-11-30(25)35)22-44-33-13-8-26(18-31(33)38)34(39)37-45(40,41)20-24(23)2/h6,8-9,11-13,17-18,23-24,27,29,32H,4-5,7,10,14-16,19-22H2,1-3H3,(H,37,39)/b12-6+/t23-,24+,27-,29+,32+,35-/m0/s1. The summed E-state index contributed by atoms with van der Waals surface area (Å²) in [5, 5.41) is 0.743. The molecule has 2 heterocycles. The van der Waals surface area contributed by atoms with E-state index in [9.17, 15) is 13.2 Å². The van der Waals surface area contributed by atoms with E-state index < -0.39 is 15.9 Å². The highest BCUT2D eigenvalue weighted by Crippen LogP contribution is 2.47. The van der Waals surface area contributed by atoms with Crippen LogP contribution in [-0.2, 0) is 31.3 Å². The summed E-state index contributed by atoms with van der Waals surface area (Å²) in [6.07, 6.45) is 9.25. The molecule has 6 rings (SSSR count). The average Bonchev–Trinajstić information content (AvgIpc) is 3.13. The minimum absolute atomic E-state index is 0.0231. The predicted molar refractivity (Wildman–Crippen MR) is 177 cm³/mol. The van der Waals surface area contributed by atoms with Gasteiger partial charge < -0.3 is 19.1 Å². The number of amides is 1. The number of nitrogens with one attached hydrogen (secondary N) is 1. The number of halogens is 1. The molecule has 6 atom stereocenters. The number of ether oxygens (including phenoxy) is 3. The van der Waals surface area contributed by atoms with E-state index in [1.807, 2.05) is 32.0 Å². The van der Waals surface area contributed by atoms with Gasteiger partial charge in [-0.05, 0) is 97.2 Å². The highest BCUT2D eigenvalue weighted by Gasteiger charge is 2.44. The number of hydrogen-bond acceptors (Lipinski definition) is 7. The van der Waals surface area contributed by atoms with E-state index in [0.29, 0.717) is 43.0 Å². The molecular weight excluding hydrogens is 612 g/mol. The smallest absolute Gasteiger partial charge is 0.264 e. The van der Waals surface area contributed by atoms with Gasteiger partial charge >= 0.3 is 0 Å². The van der Waals surface area contributed by atoms with Gasteiger partial charge in [-0.1, -0.05) is 43.7 Å². The maximum atomic E-state index is 13.4. The summed E-state index contributed by atoms with van der Waals surface area (Å²) in [4.78, 5) is 15.8. The summed E-state index contributed by atoms with van der Waals surface area (Å²) in [7, 11) is -2.19. The van der Waals surface area contributed by atoms with E-state index in [4.69, 9.17) is 25.8 Å². The average molecular weight is 657 g/mol. The van der Waals surface area contributed by atoms with Crippen LogP contribution in [0.25, 0.3) is 0 Å². The SMILES string of the molecule is COCCO[C@@H]1/C=C/[C@H](C)[C@H](C)CS(=O)(=O)NC(=O)c2ccc3c(c2)N(C[C@@H]2CC[C@H]21)C[C@@]1(CCCc2cc(Cl)ccc21)CO3. The minimum atomic E-state index is -3.87. The van der Waals surface area contributed by atoms with Gasteiger partial charge in [-0.2, -0.15) is 0 Å². The number of sulfonamides is 1. The highest BCUT2D eigenvalue weighted by atomic mass is 35.5. The molecule has 0 radical (unpaired) electrons. The van der Waals surface area contributed by atoms with Crippen LogP contribution in [0.5, 0.6) is 5.75 Å². The lowest BCUT2D eigenvalue weighted by molar-refractivity contribution is -0.0311. The van der Waals surface area contributed by atoms with Crippen LogP contribution in [0.2, 0.25) is 5.02 Å². The van der Waals surface area contributed by atoms with Crippen LogP contribution in [0.15, 0.2) is 48.6 Å². The second-order valence-corrected chi connectivity index (χ2v) is 15.8. The Morgan fingerprint density at radius 2 is 1.96 bits per heavy atom. The Morgan fingerprint density at radius 1 is 1.11 bits per heavy atom. The lowest BCUT2D eigenvalue weighted by Crippen LogP contribution is -2.49. The molecule has 0 aromatic heterocycles. The number of nitrogens with zero attached hydrogens (tertiary/aromatic N) is 1. The van der Waals surface area contributed by atoms with Crippen LogP contribution in [0.4, 0.5) is 5.69 Å². The molecule has 2 aliphatic heterocycles. The number of benzene rings is 2. The molecule has 1 N–H and O–H groups in total. The second-order valence-electron chi connectivity index (χ2n) is 13.6. The van der Waals surface area contributed by atoms with Crippen molar-refractivity contribution in [2.45, 2.75) is 57.5 Å². The van der Waals surface area contributed by atoms with E-state index >= 15 is 0 Å². The predicted octanol–water partition coefficient (Wildman–Crippen LogP) is 5.77. The third kappa shape index (κ3) is 6.92. The molecular formula is C35H45ClN2O6S. The quantitative estimate of drug-likeness (QED) is 0.330. The molecule has 8 nitrogen and oxygen atoms in total. The van der Waals surface area contributed by atoms with Gasteiger partial charge in [-0.15, -0.1) is 0 Å². The molecule has 0 saturated heterocycles. The van der Waals surface area contributed by atoms with Gasteiger partial charge in [-0.3, -0.25) is 4.79 Å². The maximum Gasteiger partial charge on any atom is 0.264 e. The van der Waals surface area contributed by atoms with Crippen LogP contribution < -0.4 is 14.4 Å². The molecule has 10 heteroatoms. The first-order chi connectivity index (χ1) is 21.6. The van der Waals surface area contributed by atoms with E-state index in [-0.39, 0.29) is 29.1 Å². The number of carbonyl (C=O) groups excluding carboxylic acids is 1. The van der Waals surface area contributed by atoms with Crippen LogP contribution in [0.1, 0.15) is 61.0 Å². The number of fused-ring (bicyclic) bond motifs is 4. The number of methoxy groups -OCH3 is 1. The molecule has 1 spiro atoms. The Bertz CT molecular complexity index is 1550. The third-order valence-corrected chi connectivity index (χ3v) is 12.2. The van der Waals surface area contributed by atoms with Gasteiger partial charge in [0.2, 0.25) is 10.0 Å². The normalized spacial score (nSPS) is 31.9. The number of allylic oxidation sites excluding steroid dienone is 1. The lowest BCUT2D eigenvalue weighted by Gasteiger charge is -2.46. The molecule has 2 aliphatic carbocycles. The van der Waals surface area contributed by atoms with E-state index in [0.717, 1.165) is 55.9 Å². The first-order valence-corrected chi connectivity index (χ1v) is 18.2. The van der Waals surface area contributed by atoms with E-state index in [1.54, 1.807) is 13.2 Å². The fourth-order valence-electron chi connectivity index (χ4n) is 7.60. The molecule has 244 valence electrons. The Balaban J connectivity index is 1.41. The largest absolute Gasteiger partial charge is 0.490 e. The number of rotatable bonds is 4. The van der Waals surface area contributed by atoms with Crippen molar-refractivity contribution < 1.29 is 27.4 Å². The fraction of sp³-hybridized carbons (Fsp3) is 0.571. The monoisotopic (exact) mass is 656 g/mol. The first-order valence-electron chi connectivity index (χ1n) is 16.2. The Labute approximate surface area is 272 Å². The lowest BCUT2D eigenvalue weighted by atomic mass is 9.68. The highest BCUT2D eigenvalue weighted by molar-refractivity contribution is 7.90. The van der Waals surface area contributed by atoms with Crippen molar-refractivity contribution in [2.24, 2.45) is 23.7 Å². The van der Waals surface area contributed by atoms with Crippen molar-refractivity contribution >= 4 is 33.2 Å². The van der Waals surface area contributed by atoms with Crippen LogP contribution in [-0.4, -0.2) is 66.2 Å². The Morgan fingerprint density at radius 3 is 2.73 bits per heavy atom. The molecule has 1 saturated carbocycles. The zero-order valence-electron chi connectivity index (χ0n) is 26.5. The molecule has 2 aromatic rings. The van der Waals surface area contributed by atoms with Crippen LogP contribution in [0.3, 0.4) is 0 Å². The summed E-state index contributed by atoms with van der Waals surface area (Å²) in [5.74, 6) is 0.394. The van der Waals surface area contributed by atoms with Gasteiger partial charge in [0, 0.05) is 36.2 Å². The summed E-state index contributed by atoms with van der Waals surface area (Å²) in [6.45, 7) is 6.94. The van der Waals surface area contributed by atoms with Crippen molar-refractivity contribution in [3.63, 3.8) is 0 Å².